The fourth-order valence-corrected chi connectivity index (χ4v) is 1.85. The Hall–Kier alpha value is -1.32. The lowest BCUT2D eigenvalue weighted by Gasteiger charge is -2.08. The van der Waals surface area contributed by atoms with Crippen LogP contribution in [0.4, 0.5) is 4.39 Å². The summed E-state index contributed by atoms with van der Waals surface area (Å²) < 4.78 is 18.1. The molecule has 1 aromatic heterocycles. The topological polar surface area (TPSA) is 33.4 Å². The molecule has 2 nitrogen and oxygen atoms in total. The zero-order valence-corrected chi connectivity index (χ0v) is 10.0. The Morgan fingerprint density at radius 2 is 2.18 bits per heavy atom. The van der Waals surface area contributed by atoms with E-state index in [0.29, 0.717) is 12.0 Å². The summed E-state index contributed by atoms with van der Waals surface area (Å²) in [7, 11) is 0. The number of halogens is 2. The van der Waals surface area contributed by atoms with Crippen LogP contribution in [-0.4, -0.2) is 5.11 Å². The normalized spacial score (nSPS) is 12.7. The summed E-state index contributed by atoms with van der Waals surface area (Å²) in [6, 6.07) is 6.20. The van der Waals surface area contributed by atoms with Crippen LogP contribution in [0.15, 0.2) is 34.9 Å². The summed E-state index contributed by atoms with van der Waals surface area (Å²) in [5.74, 6) is 0.292. The van der Waals surface area contributed by atoms with E-state index in [4.69, 9.17) is 16.0 Å². The lowest BCUT2D eigenvalue weighted by molar-refractivity contribution is 0.177. The van der Waals surface area contributed by atoms with E-state index in [-0.39, 0.29) is 5.02 Å². The zero-order chi connectivity index (χ0) is 12.4. The molecule has 0 aliphatic heterocycles. The number of benzene rings is 1. The maximum Gasteiger partial charge on any atom is 0.141 e. The van der Waals surface area contributed by atoms with Crippen molar-refractivity contribution in [2.24, 2.45) is 0 Å². The molecule has 17 heavy (non-hydrogen) atoms. The first-order valence-corrected chi connectivity index (χ1v) is 5.61. The molecule has 2 rings (SSSR count). The van der Waals surface area contributed by atoms with Crippen molar-refractivity contribution in [2.75, 3.05) is 0 Å². The molecule has 4 heteroatoms. The Morgan fingerprint density at radius 1 is 1.41 bits per heavy atom. The Balaban J connectivity index is 2.12. The van der Waals surface area contributed by atoms with Crippen LogP contribution in [0.3, 0.4) is 0 Å². The molecule has 1 heterocycles. The molecule has 2 aromatic rings. The second-order valence-electron chi connectivity index (χ2n) is 3.96. The molecule has 0 radical (unpaired) electrons. The van der Waals surface area contributed by atoms with Crippen molar-refractivity contribution < 1.29 is 13.9 Å². The van der Waals surface area contributed by atoms with Crippen molar-refractivity contribution in [3.05, 3.63) is 58.3 Å². The van der Waals surface area contributed by atoms with Gasteiger partial charge in [-0.05, 0) is 30.7 Å². The molecule has 0 saturated carbocycles. The van der Waals surface area contributed by atoms with Crippen molar-refractivity contribution in [1.29, 1.82) is 0 Å². The van der Waals surface area contributed by atoms with E-state index in [9.17, 15) is 9.50 Å². The van der Waals surface area contributed by atoms with Crippen molar-refractivity contribution >= 4 is 11.6 Å². The first-order chi connectivity index (χ1) is 8.06. The van der Waals surface area contributed by atoms with Gasteiger partial charge in [0.15, 0.2) is 0 Å². The zero-order valence-electron chi connectivity index (χ0n) is 9.28. The highest BCUT2D eigenvalue weighted by Gasteiger charge is 2.12. The van der Waals surface area contributed by atoms with E-state index in [2.05, 4.69) is 0 Å². The minimum absolute atomic E-state index is 0.0677. The first-order valence-electron chi connectivity index (χ1n) is 5.23. The van der Waals surface area contributed by atoms with Gasteiger partial charge in [0.2, 0.25) is 0 Å². The summed E-state index contributed by atoms with van der Waals surface area (Å²) >= 11 is 5.67. The van der Waals surface area contributed by atoms with Gasteiger partial charge in [-0.15, -0.1) is 0 Å². The maximum absolute atomic E-state index is 13.0. The van der Waals surface area contributed by atoms with Gasteiger partial charge >= 0.3 is 0 Å². The Bertz CT molecular complexity index is 522. The lowest BCUT2D eigenvalue weighted by Crippen LogP contribution is -2.00. The summed E-state index contributed by atoms with van der Waals surface area (Å²) in [6.45, 7) is 1.81. The molecule has 0 aliphatic rings. The van der Waals surface area contributed by atoms with Gasteiger partial charge in [-0.2, -0.15) is 0 Å². The van der Waals surface area contributed by atoms with Gasteiger partial charge in [-0.3, -0.25) is 0 Å². The molecule has 0 amide bonds. The van der Waals surface area contributed by atoms with Gasteiger partial charge in [-0.1, -0.05) is 17.7 Å². The number of aliphatic hydroxyl groups excluding tert-OH is 1. The van der Waals surface area contributed by atoms with Gasteiger partial charge in [0.05, 0.1) is 17.4 Å². The number of hydrogen-bond donors (Lipinski definition) is 1. The van der Waals surface area contributed by atoms with Crippen molar-refractivity contribution in [3.8, 4) is 0 Å². The van der Waals surface area contributed by atoms with Gasteiger partial charge in [0, 0.05) is 12.0 Å². The van der Waals surface area contributed by atoms with Crippen LogP contribution >= 0.6 is 11.6 Å². The molecule has 1 atom stereocenters. The SMILES string of the molecule is Cc1cc(C(O)Cc2ccc(F)c(Cl)c2)co1. The van der Waals surface area contributed by atoms with E-state index in [0.717, 1.165) is 11.3 Å². The third kappa shape index (κ3) is 2.87. The smallest absolute Gasteiger partial charge is 0.141 e. The molecular formula is C13H12ClFO2. The fourth-order valence-electron chi connectivity index (χ4n) is 1.65. The second-order valence-corrected chi connectivity index (χ2v) is 4.37. The van der Waals surface area contributed by atoms with Crippen LogP contribution in [0.5, 0.6) is 0 Å². The first kappa shape index (κ1) is 12.1. The molecule has 0 fully saturated rings. The number of aryl methyl sites for hydroxylation is 1. The van der Waals surface area contributed by atoms with E-state index in [1.54, 1.807) is 12.1 Å². The number of rotatable bonds is 3. The molecule has 0 saturated heterocycles. The molecule has 1 unspecified atom stereocenters. The van der Waals surface area contributed by atoms with Crippen molar-refractivity contribution in [3.63, 3.8) is 0 Å². The van der Waals surface area contributed by atoms with Gasteiger partial charge < -0.3 is 9.52 Å². The van der Waals surface area contributed by atoms with Crippen molar-refractivity contribution in [1.82, 2.24) is 0 Å². The second kappa shape index (κ2) is 4.90. The Kier molecular flexibility index (Phi) is 3.50. The largest absolute Gasteiger partial charge is 0.469 e. The Morgan fingerprint density at radius 3 is 2.76 bits per heavy atom. The molecule has 90 valence electrons. The van der Waals surface area contributed by atoms with Gasteiger partial charge in [0.25, 0.3) is 0 Å². The quantitative estimate of drug-likeness (QED) is 0.907. The average molecular weight is 255 g/mol. The summed E-state index contributed by atoms with van der Waals surface area (Å²) in [6.07, 6.45) is 1.22. The van der Waals surface area contributed by atoms with Crippen LogP contribution < -0.4 is 0 Å². The van der Waals surface area contributed by atoms with E-state index >= 15 is 0 Å². The highest BCUT2D eigenvalue weighted by Crippen LogP contribution is 2.23. The van der Waals surface area contributed by atoms with Crippen molar-refractivity contribution in [2.45, 2.75) is 19.4 Å². The highest BCUT2D eigenvalue weighted by molar-refractivity contribution is 6.30. The predicted molar refractivity (Wildman–Crippen MR) is 63.5 cm³/mol. The van der Waals surface area contributed by atoms with E-state index in [1.807, 2.05) is 6.92 Å². The Labute approximate surface area is 104 Å². The number of hydrogen-bond acceptors (Lipinski definition) is 2. The highest BCUT2D eigenvalue weighted by atomic mass is 35.5. The average Bonchev–Trinajstić information content (AvgIpc) is 2.70. The molecule has 0 bridgehead atoms. The van der Waals surface area contributed by atoms with Crippen LogP contribution in [-0.2, 0) is 6.42 Å². The monoisotopic (exact) mass is 254 g/mol. The van der Waals surface area contributed by atoms with Crippen LogP contribution in [0.25, 0.3) is 0 Å². The maximum atomic E-state index is 13.0. The van der Waals surface area contributed by atoms with Crippen LogP contribution in [0.2, 0.25) is 5.02 Å². The molecular weight excluding hydrogens is 243 g/mol. The summed E-state index contributed by atoms with van der Waals surface area (Å²) in [5.41, 5.74) is 1.49. The summed E-state index contributed by atoms with van der Waals surface area (Å²) in [4.78, 5) is 0. The standard InChI is InChI=1S/C13H12ClFO2/c1-8-4-10(7-17-8)13(16)6-9-2-3-12(15)11(14)5-9/h2-5,7,13,16H,6H2,1H3. The molecule has 0 aliphatic carbocycles. The van der Waals surface area contributed by atoms with Gasteiger partial charge in [-0.25, -0.2) is 4.39 Å². The fraction of sp³-hybridized carbons (Fsp3) is 0.231. The lowest BCUT2D eigenvalue weighted by atomic mass is 10.0. The van der Waals surface area contributed by atoms with Crippen LogP contribution in [0, 0.1) is 12.7 Å². The third-order valence-corrected chi connectivity index (χ3v) is 2.84. The molecule has 1 aromatic carbocycles. The molecule has 0 spiro atoms. The predicted octanol–water partition coefficient (Wildman–Crippen LogP) is 3.66. The number of aliphatic hydroxyl groups is 1. The van der Waals surface area contributed by atoms with E-state index in [1.165, 1.54) is 18.4 Å². The van der Waals surface area contributed by atoms with Crippen LogP contribution in [0.1, 0.15) is 23.0 Å². The minimum Gasteiger partial charge on any atom is -0.469 e. The van der Waals surface area contributed by atoms with Gasteiger partial charge in [0.1, 0.15) is 11.6 Å². The van der Waals surface area contributed by atoms with E-state index < -0.39 is 11.9 Å². The number of furan rings is 1. The summed E-state index contributed by atoms with van der Waals surface area (Å²) in [5, 5.41) is 10.0. The molecule has 1 N–H and O–H groups in total. The third-order valence-electron chi connectivity index (χ3n) is 2.55. The minimum atomic E-state index is -0.672.